The van der Waals surface area contributed by atoms with Crippen LogP contribution >= 0.6 is 11.8 Å². The van der Waals surface area contributed by atoms with Crippen LogP contribution in [-0.2, 0) is 19.5 Å². The summed E-state index contributed by atoms with van der Waals surface area (Å²) in [5, 5.41) is 5.16. The van der Waals surface area contributed by atoms with Crippen LogP contribution in [0, 0.1) is 6.92 Å². The molecule has 1 amide bonds. The van der Waals surface area contributed by atoms with Crippen molar-refractivity contribution in [3.8, 4) is 0 Å². The number of thioether (sulfide) groups is 1. The van der Waals surface area contributed by atoms with Crippen LogP contribution in [0.15, 0.2) is 66.1 Å². The standard InChI is InChI=1S/C24H24N4OS/c1-17-6-8-18(9-7-17)14-28-16-21(20-4-2-3-5-22(20)28)23(29)25-11-10-19-15-27-12-13-30-24(27)26-19/h2-9,15-16H,10-14H2,1H3,(H,25,29). The molecule has 0 atom stereocenters. The van der Waals surface area contributed by atoms with Gasteiger partial charge in [0, 0.05) is 55.1 Å². The normalized spacial score (nSPS) is 13.0. The number of rotatable bonds is 6. The van der Waals surface area contributed by atoms with Gasteiger partial charge in [0.2, 0.25) is 0 Å². The fraction of sp³-hybridized carbons (Fsp3) is 0.250. The number of nitrogens with one attached hydrogen (secondary N) is 1. The molecular weight excluding hydrogens is 392 g/mol. The molecule has 2 aromatic heterocycles. The van der Waals surface area contributed by atoms with E-state index in [-0.39, 0.29) is 5.91 Å². The Morgan fingerprint density at radius 2 is 1.97 bits per heavy atom. The zero-order valence-electron chi connectivity index (χ0n) is 17.0. The maximum Gasteiger partial charge on any atom is 0.253 e. The number of carbonyl (C=O) groups is 1. The number of hydrogen-bond acceptors (Lipinski definition) is 3. The first-order chi connectivity index (χ1) is 14.7. The predicted molar refractivity (Wildman–Crippen MR) is 121 cm³/mol. The number of benzene rings is 2. The Labute approximate surface area is 180 Å². The molecule has 0 spiro atoms. The van der Waals surface area contributed by atoms with E-state index in [0.717, 1.165) is 52.6 Å². The van der Waals surface area contributed by atoms with Crippen molar-refractivity contribution in [3.63, 3.8) is 0 Å². The number of amides is 1. The molecule has 6 heteroatoms. The van der Waals surface area contributed by atoms with Gasteiger partial charge in [-0.3, -0.25) is 4.79 Å². The van der Waals surface area contributed by atoms with Gasteiger partial charge in [0.15, 0.2) is 5.16 Å². The maximum atomic E-state index is 12.9. The van der Waals surface area contributed by atoms with Gasteiger partial charge in [0.05, 0.1) is 11.3 Å². The number of nitrogens with zero attached hydrogens (tertiary/aromatic N) is 3. The molecular formula is C24H24N4OS. The SMILES string of the molecule is Cc1ccc(Cn2cc(C(=O)NCCc3cn4c(n3)SCC4)c3ccccc32)cc1. The van der Waals surface area contributed by atoms with Crippen molar-refractivity contribution in [1.82, 2.24) is 19.4 Å². The molecule has 5 nitrogen and oxygen atoms in total. The molecule has 4 aromatic rings. The fourth-order valence-electron chi connectivity index (χ4n) is 3.93. The summed E-state index contributed by atoms with van der Waals surface area (Å²) in [6.07, 6.45) is 4.82. The summed E-state index contributed by atoms with van der Waals surface area (Å²) in [4.78, 5) is 17.6. The first-order valence-corrected chi connectivity index (χ1v) is 11.3. The van der Waals surface area contributed by atoms with Gasteiger partial charge in [0.25, 0.3) is 5.91 Å². The zero-order chi connectivity index (χ0) is 20.5. The van der Waals surface area contributed by atoms with E-state index in [1.165, 1.54) is 11.1 Å². The highest BCUT2D eigenvalue weighted by molar-refractivity contribution is 7.99. The van der Waals surface area contributed by atoms with Gasteiger partial charge in [-0.05, 0) is 18.6 Å². The highest BCUT2D eigenvalue weighted by Crippen LogP contribution is 2.25. The number of aryl methyl sites for hydroxylation is 2. The summed E-state index contributed by atoms with van der Waals surface area (Å²) in [5.74, 6) is 1.07. The van der Waals surface area contributed by atoms with E-state index >= 15 is 0 Å². The van der Waals surface area contributed by atoms with E-state index in [4.69, 9.17) is 0 Å². The Kier molecular flexibility index (Phi) is 5.09. The van der Waals surface area contributed by atoms with Gasteiger partial charge in [-0.2, -0.15) is 0 Å². The number of fused-ring (bicyclic) bond motifs is 2. The summed E-state index contributed by atoms with van der Waals surface area (Å²) < 4.78 is 4.35. The molecule has 1 aliphatic rings. The molecule has 0 fully saturated rings. The Bertz CT molecular complexity index is 1180. The van der Waals surface area contributed by atoms with Crippen LogP contribution < -0.4 is 5.32 Å². The van der Waals surface area contributed by atoms with Crippen LogP contribution in [0.2, 0.25) is 0 Å². The lowest BCUT2D eigenvalue weighted by molar-refractivity contribution is 0.0955. The second-order valence-corrected chi connectivity index (χ2v) is 8.80. The van der Waals surface area contributed by atoms with Crippen LogP contribution in [0.3, 0.4) is 0 Å². The first kappa shape index (κ1) is 19.0. The smallest absolute Gasteiger partial charge is 0.253 e. The molecule has 0 saturated carbocycles. The molecule has 1 aliphatic heterocycles. The third kappa shape index (κ3) is 3.75. The Balaban J connectivity index is 1.31. The zero-order valence-corrected chi connectivity index (χ0v) is 17.8. The van der Waals surface area contributed by atoms with Crippen LogP contribution in [-0.4, -0.2) is 32.3 Å². The molecule has 1 N–H and O–H groups in total. The Morgan fingerprint density at radius 1 is 1.13 bits per heavy atom. The third-order valence-electron chi connectivity index (χ3n) is 5.53. The number of aromatic nitrogens is 3. The van der Waals surface area contributed by atoms with E-state index in [9.17, 15) is 4.79 Å². The average molecular weight is 417 g/mol. The lowest BCUT2D eigenvalue weighted by atomic mass is 10.1. The minimum Gasteiger partial charge on any atom is -0.352 e. The first-order valence-electron chi connectivity index (χ1n) is 10.3. The van der Waals surface area contributed by atoms with Gasteiger partial charge >= 0.3 is 0 Å². The summed E-state index contributed by atoms with van der Waals surface area (Å²) in [6, 6.07) is 16.6. The van der Waals surface area contributed by atoms with Crippen LogP contribution in [0.5, 0.6) is 0 Å². The lowest BCUT2D eigenvalue weighted by Gasteiger charge is -2.06. The molecule has 30 heavy (non-hydrogen) atoms. The Hall–Kier alpha value is -2.99. The van der Waals surface area contributed by atoms with Gasteiger partial charge in [-0.15, -0.1) is 0 Å². The average Bonchev–Trinajstić information content (AvgIpc) is 3.44. The van der Waals surface area contributed by atoms with E-state index in [1.807, 2.05) is 24.4 Å². The third-order valence-corrected chi connectivity index (χ3v) is 6.50. The molecule has 0 unspecified atom stereocenters. The van der Waals surface area contributed by atoms with Gasteiger partial charge in [-0.1, -0.05) is 59.8 Å². The van der Waals surface area contributed by atoms with Crippen molar-refractivity contribution in [1.29, 1.82) is 0 Å². The van der Waals surface area contributed by atoms with E-state index in [1.54, 1.807) is 11.8 Å². The summed E-state index contributed by atoms with van der Waals surface area (Å²) in [6.45, 7) is 4.44. The molecule has 3 heterocycles. The highest BCUT2D eigenvalue weighted by Gasteiger charge is 2.16. The van der Waals surface area contributed by atoms with Crippen LogP contribution in [0.25, 0.3) is 10.9 Å². The summed E-state index contributed by atoms with van der Waals surface area (Å²) in [5.41, 5.74) is 5.31. The van der Waals surface area contributed by atoms with Crippen LogP contribution in [0.1, 0.15) is 27.2 Å². The molecule has 152 valence electrons. The van der Waals surface area contributed by atoms with Crippen molar-refractivity contribution in [2.24, 2.45) is 0 Å². The second-order valence-electron chi connectivity index (χ2n) is 7.74. The molecule has 2 aromatic carbocycles. The lowest BCUT2D eigenvalue weighted by Crippen LogP contribution is -2.25. The quantitative estimate of drug-likeness (QED) is 0.511. The largest absolute Gasteiger partial charge is 0.352 e. The second kappa shape index (κ2) is 8.03. The van der Waals surface area contributed by atoms with Gasteiger partial charge in [0.1, 0.15) is 0 Å². The topological polar surface area (TPSA) is 51.9 Å². The number of imidazole rings is 1. The maximum absolute atomic E-state index is 12.9. The minimum absolute atomic E-state index is 0.0324. The molecule has 0 bridgehead atoms. The van der Waals surface area contributed by atoms with E-state index in [0.29, 0.717) is 6.54 Å². The highest BCUT2D eigenvalue weighted by atomic mass is 32.2. The van der Waals surface area contributed by atoms with Crippen molar-refractivity contribution in [2.45, 2.75) is 31.6 Å². The van der Waals surface area contributed by atoms with Crippen LogP contribution in [0.4, 0.5) is 0 Å². The number of carbonyl (C=O) groups excluding carboxylic acids is 1. The number of para-hydroxylation sites is 1. The summed E-state index contributed by atoms with van der Waals surface area (Å²) in [7, 11) is 0. The Morgan fingerprint density at radius 3 is 2.80 bits per heavy atom. The van der Waals surface area contributed by atoms with E-state index in [2.05, 4.69) is 62.9 Å². The minimum atomic E-state index is -0.0324. The van der Waals surface area contributed by atoms with Crippen molar-refractivity contribution < 1.29 is 4.79 Å². The molecule has 0 radical (unpaired) electrons. The number of hydrogen-bond donors (Lipinski definition) is 1. The van der Waals surface area contributed by atoms with E-state index < -0.39 is 0 Å². The van der Waals surface area contributed by atoms with Crippen molar-refractivity contribution >= 4 is 28.6 Å². The fourth-order valence-corrected chi connectivity index (χ4v) is 4.89. The summed E-state index contributed by atoms with van der Waals surface area (Å²) >= 11 is 1.79. The van der Waals surface area contributed by atoms with Crippen molar-refractivity contribution in [3.05, 3.63) is 83.3 Å². The predicted octanol–water partition coefficient (Wildman–Crippen LogP) is 4.27. The molecule has 0 aliphatic carbocycles. The van der Waals surface area contributed by atoms with Crippen molar-refractivity contribution in [2.75, 3.05) is 12.3 Å². The van der Waals surface area contributed by atoms with Gasteiger partial charge in [-0.25, -0.2) is 4.98 Å². The molecule has 0 saturated heterocycles. The molecule has 5 rings (SSSR count). The van der Waals surface area contributed by atoms with Gasteiger partial charge < -0.3 is 14.5 Å². The monoisotopic (exact) mass is 416 g/mol.